The summed E-state index contributed by atoms with van der Waals surface area (Å²) in [4.78, 5) is 1.04. The molecule has 0 aromatic heterocycles. The van der Waals surface area contributed by atoms with E-state index in [2.05, 4.69) is 49.9 Å². The molecule has 1 heteroatoms. The van der Waals surface area contributed by atoms with Crippen LogP contribution < -0.4 is 0 Å². The Morgan fingerprint density at radius 1 is 0.929 bits per heavy atom. The fourth-order valence-electron chi connectivity index (χ4n) is 1.50. The van der Waals surface area contributed by atoms with Crippen molar-refractivity contribution < 1.29 is 0 Å². The molecule has 0 nitrogen and oxygen atoms in total. The number of benzene rings is 2. The Bertz CT molecular complexity index is 432. The van der Waals surface area contributed by atoms with Gasteiger partial charge in [-0.2, -0.15) is 0 Å². The summed E-state index contributed by atoms with van der Waals surface area (Å²) in [6.45, 7) is 2.08. The molecule has 0 amide bonds. The van der Waals surface area contributed by atoms with Crippen LogP contribution in [0.1, 0.15) is 5.56 Å². The third-order valence-electron chi connectivity index (χ3n) is 2.24. The molecule has 0 spiro atoms. The normalized spacial score (nSPS) is 10.1. The number of rotatable bonds is 1. The van der Waals surface area contributed by atoms with Crippen LogP contribution in [0.3, 0.4) is 0 Å². The molecule has 0 aliphatic heterocycles. The zero-order valence-electron chi connectivity index (χ0n) is 8.07. The van der Waals surface area contributed by atoms with Gasteiger partial charge in [0.05, 0.1) is 0 Å². The first-order valence-corrected chi connectivity index (χ1v) is 5.07. The topological polar surface area (TPSA) is 0 Å². The van der Waals surface area contributed by atoms with Crippen molar-refractivity contribution in [3.8, 4) is 11.1 Å². The van der Waals surface area contributed by atoms with Gasteiger partial charge in [-0.15, -0.1) is 12.6 Å². The van der Waals surface area contributed by atoms with Crippen LogP contribution in [0.5, 0.6) is 0 Å². The molecule has 0 heterocycles. The molecule has 0 N–H and O–H groups in total. The van der Waals surface area contributed by atoms with Gasteiger partial charge in [0.2, 0.25) is 0 Å². The second-order valence-electron chi connectivity index (χ2n) is 3.39. The van der Waals surface area contributed by atoms with Crippen LogP contribution in [-0.2, 0) is 0 Å². The van der Waals surface area contributed by atoms with E-state index in [0.29, 0.717) is 0 Å². The van der Waals surface area contributed by atoms with Gasteiger partial charge in [-0.3, -0.25) is 0 Å². The molecule has 0 saturated heterocycles. The monoisotopic (exact) mass is 200 g/mol. The first-order valence-electron chi connectivity index (χ1n) is 4.62. The van der Waals surface area contributed by atoms with Crippen LogP contribution in [0.25, 0.3) is 11.1 Å². The van der Waals surface area contributed by atoms with E-state index in [1.54, 1.807) is 0 Å². The molecule has 0 aliphatic carbocycles. The van der Waals surface area contributed by atoms with Gasteiger partial charge in [-0.05, 0) is 29.7 Å². The lowest BCUT2D eigenvalue weighted by molar-refractivity contribution is 1.36. The van der Waals surface area contributed by atoms with Crippen LogP contribution in [0.4, 0.5) is 0 Å². The Labute approximate surface area is 90.0 Å². The third kappa shape index (κ3) is 1.83. The van der Waals surface area contributed by atoms with Gasteiger partial charge in [-0.25, -0.2) is 0 Å². The summed E-state index contributed by atoms with van der Waals surface area (Å²) in [6.07, 6.45) is 0. The maximum absolute atomic E-state index is 4.48. The molecule has 0 unspecified atom stereocenters. The van der Waals surface area contributed by atoms with Crippen molar-refractivity contribution in [3.05, 3.63) is 54.1 Å². The number of aryl methyl sites for hydroxylation is 1. The minimum Gasteiger partial charge on any atom is -0.143 e. The second kappa shape index (κ2) is 3.89. The molecular formula is C13H12S. The molecule has 70 valence electrons. The molecule has 2 aromatic carbocycles. The average molecular weight is 200 g/mol. The quantitative estimate of drug-likeness (QED) is 0.662. The van der Waals surface area contributed by atoms with Crippen LogP contribution in [0, 0.1) is 6.92 Å². The standard InChI is InChI=1S/C13H12S/c1-10-7-8-12(13(14)9-10)11-5-3-2-4-6-11/h2-9,14H,1H3. The average Bonchev–Trinajstić information content (AvgIpc) is 2.19. The van der Waals surface area contributed by atoms with Gasteiger partial charge >= 0.3 is 0 Å². The molecule has 0 saturated carbocycles. The van der Waals surface area contributed by atoms with Crippen LogP contribution in [-0.4, -0.2) is 0 Å². The first-order chi connectivity index (χ1) is 6.77. The summed E-state index contributed by atoms with van der Waals surface area (Å²) in [5, 5.41) is 0. The van der Waals surface area contributed by atoms with E-state index in [1.807, 2.05) is 18.2 Å². The van der Waals surface area contributed by atoms with Crippen molar-refractivity contribution in [1.29, 1.82) is 0 Å². The van der Waals surface area contributed by atoms with Crippen molar-refractivity contribution in [2.45, 2.75) is 11.8 Å². The van der Waals surface area contributed by atoms with Crippen molar-refractivity contribution in [1.82, 2.24) is 0 Å². The molecule has 0 radical (unpaired) electrons. The van der Waals surface area contributed by atoms with Gasteiger partial charge in [0.15, 0.2) is 0 Å². The van der Waals surface area contributed by atoms with E-state index in [0.717, 1.165) is 4.90 Å². The Balaban J connectivity index is 2.53. The highest BCUT2D eigenvalue weighted by Gasteiger charge is 2.00. The van der Waals surface area contributed by atoms with E-state index in [4.69, 9.17) is 0 Å². The van der Waals surface area contributed by atoms with E-state index < -0.39 is 0 Å². The van der Waals surface area contributed by atoms with E-state index >= 15 is 0 Å². The molecule has 14 heavy (non-hydrogen) atoms. The Hall–Kier alpha value is -1.21. The molecule has 0 bridgehead atoms. The Morgan fingerprint density at radius 3 is 2.29 bits per heavy atom. The maximum Gasteiger partial charge on any atom is 0.0121 e. The Morgan fingerprint density at radius 2 is 1.64 bits per heavy atom. The van der Waals surface area contributed by atoms with Crippen molar-refractivity contribution in [2.75, 3.05) is 0 Å². The lowest BCUT2D eigenvalue weighted by Gasteiger charge is -2.05. The SMILES string of the molecule is Cc1ccc(-c2ccccc2)c(S)c1. The lowest BCUT2D eigenvalue weighted by atomic mass is 10.0. The summed E-state index contributed by atoms with van der Waals surface area (Å²) in [7, 11) is 0. The number of thiol groups is 1. The van der Waals surface area contributed by atoms with Gasteiger partial charge in [0.1, 0.15) is 0 Å². The predicted molar refractivity (Wildman–Crippen MR) is 63.9 cm³/mol. The zero-order chi connectivity index (χ0) is 9.97. The number of hydrogen-bond acceptors (Lipinski definition) is 1. The largest absolute Gasteiger partial charge is 0.143 e. The van der Waals surface area contributed by atoms with Crippen LogP contribution in [0.2, 0.25) is 0 Å². The molecule has 0 fully saturated rings. The highest BCUT2D eigenvalue weighted by Crippen LogP contribution is 2.26. The minimum absolute atomic E-state index is 1.04. The first kappa shape index (κ1) is 9.35. The van der Waals surface area contributed by atoms with Gasteiger partial charge in [0, 0.05) is 4.90 Å². The van der Waals surface area contributed by atoms with Crippen LogP contribution >= 0.6 is 12.6 Å². The lowest BCUT2D eigenvalue weighted by Crippen LogP contribution is -1.81. The molecule has 0 aliphatic rings. The summed E-state index contributed by atoms with van der Waals surface area (Å²) in [5.74, 6) is 0. The van der Waals surface area contributed by atoms with E-state index in [9.17, 15) is 0 Å². The molecule has 2 aromatic rings. The Kier molecular flexibility index (Phi) is 2.60. The van der Waals surface area contributed by atoms with Crippen molar-refractivity contribution >= 4 is 12.6 Å². The van der Waals surface area contributed by atoms with Crippen LogP contribution in [0.15, 0.2) is 53.4 Å². The smallest absolute Gasteiger partial charge is 0.0121 e. The highest BCUT2D eigenvalue weighted by atomic mass is 32.1. The van der Waals surface area contributed by atoms with Crippen molar-refractivity contribution in [3.63, 3.8) is 0 Å². The minimum atomic E-state index is 1.04. The van der Waals surface area contributed by atoms with E-state index in [-0.39, 0.29) is 0 Å². The summed E-state index contributed by atoms with van der Waals surface area (Å²) >= 11 is 4.48. The summed E-state index contributed by atoms with van der Waals surface area (Å²) in [5.41, 5.74) is 3.66. The van der Waals surface area contributed by atoms with E-state index in [1.165, 1.54) is 16.7 Å². The summed E-state index contributed by atoms with van der Waals surface area (Å²) in [6, 6.07) is 16.6. The number of hydrogen-bond donors (Lipinski definition) is 1. The van der Waals surface area contributed by atoms with Crippen molar-refractivity contribution in [2.24, 2.45) is 0 Å². The summed E-state index contributed by atoms with van der Waals surface area (Å²) < 4.78 is 0. The third-order valence-corrected chi connectivity index (χ3v) is 2.61. The van der Waals surface area contributed by atoms with Gasteiger partial charge in [0.25, 0.3) is 0 Å². The molecule has 2 rings (SSSR count). The predicted octanol–water partition coefficient (Wildman–Crippen LogP) is 3.95. The zero-order valence-corrected chi connectivity index (χ0v) is 8.96. The highest BCUT2D eigenvalue weighted by molar-refractivity contribution is 7.80. The van der Waals surface area contributed by atoms with Gasteiger partial charge < -0.3 is 0 Å². The fraction of sp³-hybridized carbons (Fsp3) is 0.0769. The fourth-order valence-corrected chi connectivity index (χ4v) is 1.91. The molecular weight excluding hydrogens is 188 g/mol. The maximum atomic E-state index is 4.48. The molecule has 0 atom stereocenters. The van der Waals surface area contributed by atoms with Gasteiger partial charge in [-0.1, -0.05) is 42.5 Å². The second-order valence-corrected chi connectivity index (χ2v) is 3.87.